The summed E-state index contributed by atoms with van der Waals surface area (Å²) < 4.78 is 38.8. The van der Waals surface area contributed by atoms with Crippen LogP contribution in [0.5, 0.6) is 0 Å². The van der Waals surface area contributed by atoms with Gasteiger partial charge in [-0.25, -0.2) is 0 Å². The Hall–Kier alpha value is -2.37. The van der Waals surface area contributed by atoms with Crippen molar-refractivity contribution in [2.75, 3.05) is 0 Å². The van der Waals surface area contributed by atoms with Crippen molar-refractivity contribution in [2.24, 2.45) is 5.73 Å². The number of benzene rings is 1. The first-order valence-corrected chi connectivity index (χ1v) is 5.35. The molecule has 0 aliphatic heterocycles. The van der Waals surface area contributed by atoms with Crippen LogP contribution in [0.1, 0.15) is 11.1 Å². The van der Waals surface area contributed by atoms with Gasteiger partial charge in [0.25, 0.3) is 0 Å². The highest BCUT2D eigenvalue weighted by atomic mass is 19.4. The molecular formula is C13H10F3N3. The Morgan fingerprint density at radius 3 is 2.21 bits per heavy atom. The van der Waals surface area contributed by atoms with Crippen LogP contribution in [0.4, 0.5) is 13.2 Å². The number of nitrogens with one attached hydrogen (secondary N) is 1. The molecule has 1 heterocycles. The molecule has 0 fully saturated rings. The fourth-order valence-corrected chi connectivity index (χ4v) is 1.74. The highest BCUT2D eigenvalue weighted by Crippen LogP contribution is 2.34. The summed E-state index contributed by atoms with van der Waals surface area (Å²) in [5.74, 6) is -0.603. The van der Waals surface area contributed by atoms with Crippen LogP contribution in [-0.4, -0.2) is 10.8 Å². The van der Waals surface area contributed by atoms with E-state index in [0.717, 1.165) is 6.07 Å². The van der Waals surface area contributed by atoms with Gasteiger partial charge in [0, 0.05) is 18.0 Å². The summed E-state index contributed by atoms with van der Waals surface area (Å²) in [6.07, 6.45) is -1.55. The van der Waals surface area contributed by atoms with Crippen LogP contribution in [0.3, 0.4) is 0 Å². The van der Waals surface area contributed by atoms with Crippen LogP contribution in [0.25, 0.3) is 11.1 Å². The highest BCUT2D eigenvalue weighted by Gasteiger charge is 2.34. The first kappa shape index (κ1) is 13.1. The molecule has 1 aromatic carbocycles. The minimum atomic E-state index is -4.55. The summed E-state index contributed by atoms with van der Waals surface area (Å²) >= 11 is 0. The van der Waals surface area contributed by atoms with Crippen molar-refractivity contribution in [3.05, 3.63) is 53.9 Å². The van der Waals surface area contributed by atoms with Crippen LogP contribution < -0.4 is 5.73 Å². The van der Waals surface area contributed by atoms with Crippen LogP contribution in [0, 0.1) is 5.41 Å². The lowest BCUT2D eigenvalue weighted by molar-refractivity contribution is -0.137. The third-order valence-corrected chi connectivity index (χ3v) is 2.63. The van der Waals surface area contributed by atoms with Gasteiger partial charge < -0.3 is 5.73 Å². The topological polar surface area (TPSA) is 62.8 Å². The van der Waals surface area contributed by atoms with Gasteiger partial charge in [-0.15, -0.1) is 0 Å². The van der Waals surface area contributed by atoms with Gasteiger partial charge in [-0.2, -0.15) is 13.2 Å². The molecule has 6 heteroatoms. The first-order chi connectivity index (χ1) is 8.89. The van der Waals surface area contributed by atoms with E-state index in [1.165, 1.54) is 24.5 Å². The molecule has 1 aromatic heterocycles. The number of rotatable bonds is 2. The van der Waals surface area contributed by atoms with Crippen LogP contribution >= 0.6 is 0 Å². The fraction of sp³-hybridized carbons (Fsp3) is 0.0769. The Balaban J connectivity index is 2.60. The molecule has 3 nitrogen and oxygen atoms in total. The van der Waals surface area contributed by atoms with Gasteiger partial charge in [0.2, 0.25) is 0 Å². The lowest BCUT2D eigenvalue weighted by Gasteiger charge is -2.13. The molecule has 0 saturated heterocycles. The average molecular weight is 265 g/mol. The summed E-state index contributed by atoms with van der Waals surface area (Å²) in [5.41, 5.74) is 4.97. The zero-order chi connectivity index (χ0) is 14.0. The molecule has 0 saturated carbocycles. The SMILES string of the molecule is N=C(N)c1ccc(-c2ccncc2)cc1C(F)(F)F. The number of nitrogens with zero attached hydrogens (tertiary/aromatic N) is 1. The van der Waals surface area contributed by atoms with Crippen molar-refractivity contribution in [3.8, 4) is 11.1 Å². The van der Waals surface area contributed by atoms with Crippen LogP contribution in [0.15, 0.2) is 42.7 Å². The molecule has 2 rings (SSSR count). The number of nitrogens with two attached hydrogens (primary N) is 1. The van der Waals surface area contributed by atoms with Gasteiger partial charge in [-0.3, -0.25) is 10.4 Å². The Morgan fingerprint density at radius 2 is 1.68 bits per heavy atom. The third kappa shape index (κ3) is 2.73. The minimum Gasteiger partial charge on any atom is -0.384 e. The number of hydrogen-bond acceptors (Lipinski definition) is 2. The summed E-state index contributed by atoms with van der Waals surface area (Å²) in [6, 6.07) is 6.93. The Kier molecular flexibility index (Phi) is 3.25. The van der Waals surface area contributed by atoms with E-state index >= 15 is 0 Å². The molecule has 0 spiro atoms. The molecule has 3 N–H and O–H groups in total. The minimum absolute atomic E-state index is 0.315. The van der Waals surface area contributed by atoms with Crippen molar-refractivity contribution in [1.82, 2.24) is 4.98 Å². The molecule has 0 radical (unpaired) electrons. The van der Waals surface area contributed by atoms with Crippen molar-refractivity contribution in [2.45, 2.75) is 6.18 Å². The van der Waals surface area contributed by atoms with Gasteiger partial charge in [-0.1, -0.05) is 12.1 Å². The standard InChI is InChI=1S/C13H10F3N3/c14-13(15,16)11-7-9(1-2-10(11)12(17)18)8-3-5-19-6-4-8/h1-7H,(H3,17,18). The van der Waals surface area contributed by atoms with Crippen molar-refractivity contribution in [1.29, 1.82) is 5.41 Å². The summed E-state index contributed by atoms with van der Waals surface area (Å²) in [7, 11) is 0. The number of hydrogen-bond donors (Lipinski definition) is 2. The van der Waals surface area contributed by atoms with E-state index in [-0.39, 0.29) is 5.56 Å². The Bertz CT molecular complexity index is 606. The summed E-state index contributed by atoms with van der Waals surface area (Å²) in [5, 5.41) is 7.20. The van der Waals surface area contributed by atoms with Crippen LogP contribution in [-0.2, 0) is 6.18 Å². The lowest BCUT2D eigenvalue weighted by Crippen LogP contribution is -2.18. The second-order valence-electron chi connectivity index (χ2n) is 3.91. The maximum Gasteiger partial charge on any atom is 0.417 e. The molecule has 0 aliphatic rings. The quantitative estimate of drug-likeness (QED) is 0.647. The van der Waals surface area contributed by atoms with E-state index in [1.807, 2.05) is 0 Å². The van der Waals surface area contributed by atoms with Gasteiger partial charge in [0.1, 0.15) is 5.84 Å². The first-order valence-electron chi connectivity index (χ1n) is 5.35. The molecule has 2 aromatic rings. The number of nitrogen functional groups attached to an aromatic ring is 1. The van der Waals surface area contributed by atoms with Crippen LogP contribution in [0.2, 0.25) is 0 Å². The molecule has 0 bridgehead atoms. The summed E-state index contributed by atoms with van der Waals surface area (Å²) in [4.78, 5) is 3.81. The van der Waals surface area contributed by atoms with E-state index < -0.39 is 17.6 Å². The van der Waals surface area contributed by atoms with Crippen molar-refractivity contribution >= 4 is 5.84 Å². The monoisotopic (exact) mass is 265 g/mol. The zero-order valence-electron chi connectivity index (χ0n) is 9.70. The third-order valence-electron chi connectivity index (χ3n) is 2.63. The Morgan fingerprint density at radius 1 is 1.05 bits per heavy atom. The number of alkyl halides is 3. The van der Waals surface area contributed by atoms with Gasteiger partial charge in [0.05, 0.1) is 5.56 Å². The van der Waals surface area contributed by atoms with Crippen molar-refractivity contribution < 1.29 is 13.2 Å². The number of aromatic nitrogens is 1. The largest absolute Gasteiger partial charge is 0.417 e. The lowest BCUT2D eigenvalue weighted by atomic mass is 9.99. The van der Waals surface area contributed by atoms with E-state index in [9.17, 15) is 13.2 Å². The normalized spacial score (nSPS) is 11.3. The maximum absolute atomic E-state index is 12.9. The van der Waals surface area contributed by atoms with Gasteiger partial charge in [-0.05, 0) is 29.3 Å². The molecular weight excluding hydrogens is 255 g/mol. The summed E-state index contributed by atoms with van der Waals surface area (Å²) in [6.45, 7) is 0. The predicted molar refractivity (Wildman–Crippen MR) is 65.7 cm³/mol. The van der Waals surface area contributed by atoms with E-state index in [0.29, 0.717) is 11.1 Å². The van der Waals surface area contributed by atoms with E-state index in [2.05, 4.69) is 4.98 Å². The number of halogens is 3. The fourth-order valence-electron chi connectivity index (χ4n) is 1.74. The number of amidine groups is 1. The molecule has 0 unspecified atom stereocenters. The second-order valence-corrected chi connectivity index (χ2v) is 3.91. The zero-order valence-corrected chi connectivity index (χ0v) is 9.70. The second kappa shape index (κ2) is 4.72. The maximum atomic E-state index is 12.9. The van der Waals surface area contributed by atoms with E-state index in [1.54, 1.807) is 12.1 Å². The highest BCUT2D eigenvalue weighted by molar-refractivity contribution is 5.97. The Labute approximate surface area is 107 Å². The molecule has 0 amide bonds. The smallest absolute Gasteiger partial charge is 0.384 e. The van der Waals surface area contributed by atoms with Gasteiger partial charge in [0.15, 0.2) is 0 Å². The van der Waals surface area contributed by atoms with E-state index in [4.69, 9.17) is 11.1 Å². The average Bonchev–Trinajstić information content (AvgIpc) is 2.38. The molecule has 19 heavy (non-hydrogen) atoms. The predicted octanol–water partition coefficient (Wildman–Crippen LogP) is 3.05. The number of pyridine rings is 1. The molecule has 98 valence electrons. The van der Waals surface area contributed by atoms with Crippen molar-refractivity contribution in [3.63, 3.8) is 0 Å². The van der Waals surface area contributed by atoms with Gasteiger partial charge >= 0.3 is 6.18 Å². The molecule has 0 atom stereocenters. The molecule has 0 aliphatic carbocycles.